The van der Waals surface area contributed by atoms with Crippen LogP contribution in [0.2, 0.25) is 10.0 Å². The number of benzene rings is 4. The molecule has 0 saturated carbocycles. The fourth-order valence-electron chi connectivity index (χ4n) is 8.83. The number of aromatic nitrogens is 4. The van der Waals surface area contributed by atoms with E-state index in [1.807, 2.05) is 50.2 Å². The first-order chi connectivity index (χ1) is 36.2. The van der Waals surface area contributed by atoms with Gasteiger partial charge in [0.05, 0.1) is 41.9 Å². The highest BCUT2D eigenvalue weighted by Crippen LogP contribution is 2.42. The zero-order valence-corrected chi connectivity index (χ0v) is 46.4. The number of rotatable bonds is 16. The van der Waals surface area contributed by atoms with Crippen LogP contribution in [-0.2, 0) is 19.7 Å². The van der Waals surface area contributed by atoms with Crippen LogP contribution in [0.1, 0.15) is 82.2 Å². The SMILES string of the molecule is C[C@@H](Oc1cc(-n2cnc3cc(S(C)(=O)=O)ccc32)sc1C(N)=O)c1cccc(OC2CCNCC2)c1Cl.C[C@@H](Oc1cc(-n2cnc3ccc(S(C)(=O)=O)cc32)sc1C(N)=O)c1cccc(OC2CCNCC2)c1Cl. The molecule has 2 atom stereocenters. The second kappa shape index (κ2) is 22.8. The Bertz CT molecular complexity index is 3700. The van der Waals surface area contributed by atoms with E-state index in [1.54, 1.807) is 52.1 Å². The average Bonchev–Trinajstić information content (AvgIpc) is 4.21. The van der Waals surface area contributed by atoms with Crippen molar-refractivity contribution in [1.29, 1.82) is 0 Å². The number of ether oxygens (including phenoxy) is 4. The van der Waals surface area contributed by atoms with Crippen molar-refractivity contribution in [2.75, 3.05) is 38.7 Å². The molecule has 2 amide bonds. The maximum absolute atomic E-state index is 12.3. The van der Waals surface area contributed by atoms with Gasteiger partial charge in [0.2, 0.25) is 0 Å². The fourth-order valence-corrected chi connectivity index (χ4v) is 12.6. The zero-order valence-electron chi connectivity index (χ0n) is 41.6. The minimum absolute atomic E-state index is 0.0920. The topological polar surface area (TPSA) is 251 Å². The summed E-state index contributed by atoms with van der Waals surface area (Å²) < 4.78 is 76.2. The summed E-state index contributed by atoms with van der Waals surface area (Å²) in [6.07, 6.45) is 8.22. The van der Waals surface area contributed by atoms with Crippen LogP contribution in [0, 0.1) is 0 Å². The van der Waals surface area contributed by atoms with Gasteiger partial charge in [0, 0.05) is 35.8 Å². The molecule has 400 valence electrons. The van der Waals surface area contributed by atoms with Crippen LogP contribution in [0.25, 0.3) is 32.1 Å². The van der Waals surface area contributed by atoms with Gasteiger partial charge in [-0.3, -0.25) is 18.7 Å². The molecule has 0 spiro atoms. The van der Waals surface area contributed by atoms with E-state index in [9.17, 15) is 26.4 Å². The van der Waals surface area contributed by atoms with Gasteiger partial charge in [-0.05, 0) is 114 Å². The summed E-state index contributed by atoms with van der Waals surface area (Å²) in [4.78, 5) is 34.1. The second-order valence-electron chi connectivity index (χ2n) is 18.3. The van der Waals surface area contributed by atoms with Gasteiger partial charge in [-0.25, -0.2) is 26.8 Å². The number of carbonyl (C=O) groups is 2. The van der Waals surface area contributed by atoms with Crippen molar-refractivity contribution in [2.24, 2.45) is 11.5 Å². The molecule has 2 aliphatic rings. The number of primary amides is 2. The summed E-state index contributed by atoms with van der Waals surface area (Å²) in [5.74, 6) is 0.553. The van der Waals surface area contributed by atoms with Crippen molar-refractivity contribution in [3.63, 3.8) is 0 Å². The molecule has 4 aromatic heterocycles. The number of imidazole rings is 2. The normalized spacial score (nSPS) is 15.4. The number of amides is 2. The van der Waals surface area contributed by atoms with Crippen molar-refractivity contribution in [2.45, 2.75) is 73.7 Å². The van der Waals surface area contributed by atoms with E-state index in [0.29, 0.717) is 70.7 Å². The van der Waals surface area contributed by atoms with Crippen molar-refractivity contribution < 1.29 is 45.4 Å². The van der Waals surface area contributed by atoms with Crippen LogP contribution >= 0.6 is 45.9 Å². The van der Waals surface area contributed by atoms with Crippen molar-refractivity contribution >= 4 is 99.4 Å². The number of hydrogen-bond acceptors (Lipinski definition) is 16. The molecule has 0 unspecified atom stereocenters. The molecule has 4 aromatic carbocycles. The number of hydrogen-bond donors (Lipinski definition) is 4. The molecule has 6 heterocycles. The lowest BCUT2D eigenvalue weighted by molar-refractivity contribution is 0.0989. The van der Waals surface area contributed by atoms with E-state index in [0.717, 1.165) is 92.6 Å². The summed E-state index contributed by atoms with van der Waals surface area (Å²) in [5.41, 5.74) is 15.2. The molecule has 2 fully saturated rings. The third-order valence-corrected chi connectivity index (χ3v) is 18.1. The molecule has 0 aliphatic carbocycles. The predicted octanol–water partition coefficient (Wildman–Crippen LogP) is 9.03. The highest BCUT2D eigenvalue weighted by atomic mass is 35.5. The summed E-state index contributed by atoms with van der Waals surface area (Å²) in [6, 6.07) is 24.0. The Labute approximate surface area is 457 Å². The monoisotopic (exact) mass is 1150 g/mol. The Morgan fingerprint density at radius 1 is 0.605 bits per heavy atom. The van der Waals surface area contributed by atoms with Gasteiger partial charge < -0.3 is 41.0 Å². The van der Waals surface area contributed by atoms with Crippen molar-refractivity contribution in [1.82, 2.24) is 29.7 Å². The molecule has 6 N–H and O–H groups in total. The first-order valence-corrected chi connectivity index (χ1v) is 30.3. The maximum atomic E-state index is 12.3. The standard InChI is InChI=1S/2C26H27ClN4O5S2/c1-15(18-4-3-5-21(24(18)27)36-16-8-10-29-11-9-16)35-22-13-23(37-25(22)26(28)32)31-14-30-19-12-17(38(2,33)34)6-7-20(19)31;1-15(18-4-3-5-21(24(18)27)36-16-8-10-29-11-9-16)35-22-13-23(37-25(22)26(28)32)31-14-30-19-7-6-17(12-20(19)31)38(2,33)34/h2*3-7,12-16,29H,8-11H2,1-2H3,(H2,28,32)/t2*15-/m11/s1. The highest BCUT2D eigenvalue weighted by molar-refractivity contribution is 7.91. The Balaban J connectivity index is 0.000000186. The maximum Gasteiger partial charge on any atom is 0.262 e. The third-order valence-electron chi connectivity index (χ3n) is 12.8. The van der Waals surface area contributed by atoms with E-state index >= 15 is 0 Å². The number of nitrogens with one attached hydrogen (secondary N) is 2. The first kappa shape index (κ1) is 54.5. The van der Waals surface area contributed by atoms with Gasteiger partial charge in [0.25, 0.3) is 11.8 Å². The molecule has 24 heteroatoms. The van der Waals surface area contributed by atoms with Gasteiger partial charge in [0.15, 0.2) is 19.7 Å². The smallest absolute Gasteiger partial charge is 0.262 e. The number of piperidine rings is 2. The van der Waals surface area contributed by atoms with E-state index in [-0.39, 0.29) is 31.8 Å². The molecule has 10 rings (SSSR count). The van der Waals surface area contributed by atoms with Gasteiger partial charge in [-0.1, -0.05) is 47.5 Å². The lowest BCUT2D eigenvalue weighted by Gasteiger charge is -2.25. The largest absolute Gasteiger partial charge is 0.489 e. The number of nitrogens with two attached hydrogens (primary N) is 2. The minimum Gasteiger partial charge on any atom is -0.489 e. The summed E-state index contributed by atoms with van der Waals surface area (Å²) in [5, 5.41) is 8.81. The molecule has 18 nitrogen and oxygen atoms in total. The van der Waals surface area contributed by atoms with Crippen LogP contribution in [0.15, 0.2) is 107 Å². The molecule has 8 aromatic rings. The quantitative estimate of drug-likeness (QED) is 0.0705. The lowest BCUT2D eigenvalue weighted by atomic mass is 10.1. The number of fused-ring (bicyclic) bond motifs is 2. The molecule has 2 saturated heterocycles. The van der Waals surface area contributed by atoms with Gasteiger partial charge >= 0.3 is 0 Å². The number of carbonyl (C=O) groups excluding carboxylic acids is 2. The fraction of sp³-hybridized carbons (Fsp3) is 0.308. The molecular formula is C52H54Cl2N8O10S4. The number of thiophene rings is 2. The summed E-state index contributed by atoms with van der Waals surface area (Å²) in [7, 11) is -6.78. The van der Waals surface area contributed by atoms with Crippen LogP contribution in [0.4, 0.5) is 0 Å². The molecule has 76 heavy (non-hydrogen) atoms. The Kier molecular flexibility index (Phi) is 16.3. The zero-order chi connectivity index (χ0) is 54.1. The first-order valence-electron chi connectivity index (χ1n) is 24.1. The Morgan fingerprint density at radius 2 is 1.04 bits per heavy atom. The van der Waals surface area contributed by atoms with Crippen LogP contribution < -0.4 is 41.0 Å². The van der Waals surface area contributed by atoms with E-state index in [1.165, 1.54) is 18.2 Å². The highest BCUT2D eigenvalue weighted by Gasteiger charge is 2.26. The molecule has 2 aliphatic heterocycles. The van der Waals surface area contributed by atoms with Crippen LogP contribution in [-0.4, -0.2) is 98.7 Å². The molecule has 0 bridgehead atoms. The minimum atomic E-state index is -3.41. The Morgan fingerprint density at radius 3 is 1.50 bits per heavy atom. The summed E-state index contributed by atoms with van der Waals surface area (Å²) in [6.45, 7) is 7.30. The van der Waals surface area contributed by atoms with E-state index in [2.05, 4.69) is 20.6 Å². The van der Waals surface area contributed by atoms with Crippen molar-refractivity contribution in [3.05, 3.63) is 129 Å². The average molecular weight is 1150 g/mol. The molecular weight excluding hydrogens is 1100 g/mol. The lowest BCUT2D eigenvalue weighted by Crippen LogP contribution is -2.34. The van der Waals surface area contributed by atoms with Crippen molar-refractivity contribution in [3.8, 4) is 33.0 Å². The van der Waals surface area contributed by atoms with Crippen LogP contribution in [0.5, 0.6) is 23.0 Å². The van der Waals surface area contributed by atoms with E-state index in [4.69, 9.17) is 53.6 Å². The Hall–Kier alpha value is -6.24. The number of nitrogens with zero attached hydrogens (tertiary/aromatic N) is 4. The van der Waals surface area contributed by atoms with Gasteiger partial charge in [-0.2, -0.15) is 0 Å². The van der Waals surface area contributed by atoms with Gasteiger partial charge in [0.1, 0.15) is 79.8 Å². The second-order valence-corrected chi connectivity index (χ2v) is 25.2. The van der Waals surface area contributed by atoms with E-state index < -0.39 is 43.7 Å². The number of halogens is 2. The van der Waals surface area contributed by atoms with Gasteiger partial charge in [-0.15, -0.1) is 22.7 Å². The third kappa shape index (κ3) is 12.1. The molecule has 0 radical (unpaired) electrons. The van der Waals surface area contributed by atoms with Crippen LogP contribution in [0.3, 0.4) is 0 Å². The predicted molar refractivity (Wildman–Crippen MR) is 295 cm³/mol. The number of sulfone groups is 2. The summed E-state index contributed by atoms with van der Waals surface area (Å²) >= 11 is 15.7.